The van der Waals surface area contributed by atoms with E-state index in [-0.39, 0.29) is 11.8 Å². The molecule has 1 amide bonds. The van der Waals surface area contributed by atoms with Crippen LogP contribution in [0.15, 0.2) is 67.5 Å². The zero-order valence-corrected chi connectivity index (χ0v) is 19.5. The number of aromatic nitrogens is 8. The SMILES string of the molecule is CC(C)C(=O)Nc1cncc(-c2cc3c(-c4nc5c(-c6cccnc6)nccc5[nH]4)n[nH]c3cn2)c1. The van der Waals surface area contributed by atoms with Crippen molar-refractivity contribution in [3.63, 3.8) is 0 Å². The number of hydrogen-bond donors (Lipinski definition) is 3. The van der Waals surface area contributed by atoms with Crippen LogP contribution in [-0.4, -0.2) is 46.0 Å². The molecule has 0 aromatic carbocycles. The summed E-state index contributed by atoms with van der Waals surface area (Å²) in [5.41, 5.74) is 6.76. The molecule has 0 aliphatic rings. The second-order valence-corrected chi connectivity index (χ2v) is 8.68. The molecule has 6 rings (SSSR count). The Labute approximate surface area is 205 Å². The van der Waals surface area contributed by atoms with Crippen LogP contribution in [-0.2, 0) is 4.79 Å². The molecule has 0 bridgehead atoms. The average molecular weight is 476 g/mol. The molecule has 0 spiro atoms. The van der Waals surface area contributed by atoms with Crippen LogP contribution in [0.1, 0.15) is 13.8 Å². The van der Waals surface area contributed by atoms with Gasteiger partial charge in [-0.2, -0.15) is 5.10 Å². The number of pyridine rings is 4. The smallest absolute Gasteiger partial charge is 0.226 e. The molecule has 0 radical (unpaired) electrons. The number of nitrogens with one attached hydrogen (secondary N) is 3. The minimum atomic E-state index is -0.130. The van der Waals surface area contributed by atoms with Crippen LogP contribution in [0.25, 0.3) is 56.0 Å². The van der Waals surface area contributed by atoms with Gasteiger partial charge in [-0.25, -0.2) is 4.98 Å². The fourth-order valence-electron chi connectivity index (χ4n) is 3.95. The number of rotatable bonds is 5. The summed E-state index contributed by atoms with van der Waals surface area (Å²) in [6, 6.07) is 9.51. The van der Waals surface area contributed by atoms with Gasteiger partial charge in [-0.1, -0.05) is 13.8 Å². The number of aromatic amines is 2. The number of hydrogen-bond acceptors (Lipinski definition) is 7. The predicted octanol–water partition coefficient (Wildman–Crippen LogP) is 4.61. The molecule has 0 saturated heterocycles. The lowest BCUT2D eigenvalue weighted by Gasteiger charge is -2.08. The third-order valence-corrected chi connectivity index (χ3v) is 5.83. The largest absolute Gasteiger partial charge is 0.336 e. The Morgan fingerprint density at radius 2 is 1.81 bits per heavy atom. The topological polar surface area (TPSA) is 138 Å². The van der Waals surface area contributed by atoms with E-state index in [2.05, 4.69) is 40.4 Å². The summed E-state index contributed by atoms with van der Waals surface area (Å²) in [6.07, 6.45) is 10.3. The van der Waals surface area contributed by atoms with E-state index in [1.54, 1.807) is 37.2 Å². The van der Waals surface area contributed by atoms with Gasteiger partial charge in [0.2, 0.25) is 5.91 Å². The van der Waals surface area contributed by atoms with Crippen LogP contribution in [0, 0.1) is 5.92 Å². The molecule has 0 atom stereocenters. The maximum Gasteiger partial charge on any atom is 0.226 e. The Bertz CT molecular complexity index is 1720. The van der Waals surface area contributed by atoms with Crippen LogP contribution in [0.4, 0.5) is 5.69 Å². The average Bonchev–Trinajstić information content (AvgIpc) is 3.53. The van der Waals surface area contributed by atoms with Crippen molar-refractivity contribution in [2.75, 3.05) is 5.32 Å². The summed E-state index contributed by atoms with van der Waals surface area (Å²) >= 11 is 0. The third kappa shape index (κ3) is 3.84. The van der Waals surface area contributed by atoms with E-state index in [1.807, 2.05) is 44.2 Å². The quantitative estimate of drug-likeness (QED) is 0.331. The number of fused-ring (bicyclic) bond motifs is 2. The Kier molecular flexibility index (Phi) is 5.18. The van der Waals surface area contributed by atoms with Crippen LogP contribution in [0.3, 0.4) is 0 Å². The molecule has 0 aliphatic heterocycles. The van der Waals surface area contributed by atoms with E-state index in [9.17, 15) is 4.79 Å². The molecule has 10 nitrogen and oxygen atoms in total. The van der Waals surface area contributed by atoms with Crippen molar-refractivity contribution in [3.8, 4) is 34.0 Å². The van der Waals surface area contributed by atoms with Crippen molar-refractivity contribution >= 4 is 33.5 Å². The monoisotopic (exact) mass is 475 g/mol. The molecule has 0 saturated carbocycles. The summed E-state index contributed by atoms with van der Waals surface area (Å²) in [6.45, 7) is 3.69. The van der Waals surface area contributed by atoms with Crippen LogP contribution in [0.5, 0.6) is 0 Å². The second-order valence-electron chi connectivity index (χ2n) is 8.68. The summed E-state index contributed by atoms with van der Waals surface area (Å²) in [5, 5.41) is 11.3. The second kappa shape index (κ2) is 8.66. The number of imidazole rings is 1. The highest BCUT2D eigenvalue weighted by molar-refractivity contribution is 5.97. The van der Waals surface area contributed by atoms with Crippen molar-refractivity contribution in [2.24, 2.45) is 5.92 Å². The van der Waals surface area contributed by atoms with Gasteiger partial charge in [0.25, 0.3) is 0 Å². The van der Waals surface area contributed by atoms with Crippen LogP contribution < -0.4 is 5.32 Å². The van der Waals surface area contributed by atoms with Crippen molar-refractivity contribution in [3.05, 3.63) is 67.5 Å². The Morgan fingerprint density at radius 3 is 2.64 bits per heavy atom. The lowest BCUT2D eigenvalue weighted by atomic mass is 10.1. The summed E-state index contributed by atoms with van der Waals surface area (Å²) in [5.74, 6) is 0.413. The molecule has 6 aromatic rings. The third-order valence-electron chi connectivity index (χ3n) is 5.83. The number of nitrogens with zero attached hydrogens (tertiary/aromatic N) is 6. The standard InChI is InChI=1S/C26H21N9O/c1-14(2)26(36)31-17-8-16(11-28-12-17)20-9-18-21(13-30-20)34-35-23(18)25-32-19-5-7-29-22(24(19)33-25)15-4-3-6-27-10-15/h3-14H,1-2H3,(H,31,36)(H,32,33)(H,34,35). The Morgan fingerprint density at radius 1 is 0.917 bits per heavy atom. The van der Waals surface area contributed by atoms with Crippen LogP contribution in [0.2, 0.25) is 0 Å². The molecule has 10 heteroatoms. The molecular formula is C26H21N9O. The summed E-state index contributed by atoms with van der Waals surface area (Å²) < 4.78 is 0. The fraction of sp³-hybridized carbons (Fsp3) is 0.115. The normalized spacial score (nSPS) is 11.4. The molecule has 0 fully saturated rings. The molecular weight excluding hydrogens is 454 g/mol. The summed E-state index contributed by atoms with van der Waals surface area (Å²) in [7, 11) is 0. The number of amides is 1. The zero-order valence-electron chi connectivity index (χ0n) is 19.5. The van der Waals surface area contributed by atoms with Gasteiger partial charge in [-0.15, -0.1) is 0 Å². The van der Waals surface area contributed by atoms with Gasteiger partial charge in [-0.3, -0.25) is 29.8 Å². The van der Waals surface area contributed by atoms with E-state index in [1.165, 1.54) is 0 Å². The first kappa shape index (κ1) is 21.5. The number of carbonyl (C=O) groups excluding carboxylic acids is 1. The van der Waals surface area contributed by atoms with Crippen molar-refractivity contribution in [1.82, 2.24) is 40.1 Å². The van der Waals surface area contributed by atoms with E-state index in [4.69, 9.17) is 4.98 Å². The molecule has 0 aliphatic carbocycles. The number of H-pyrrole nitrogens is 2. The first-order valence-corrected chi connectivity index (χ1v) is 11.4. The van der Waals surface area contributed by atoms with Gasteiger partial charge in [-0.05, 0) is 30.3 Å². The van der Waals surface area contributed by atoms with Crippen molar-refractivity contribution < 1.29 is 4.79 Å². The van der Waals surface area contributed by atoms with Gasteiger partial charge in [0.1, 0.15) is 11.2 Å². The molecule has 0 unspecified atom stereocenters. The van der Waals surface area contributed by atoms with Crippen molar-refractivity contribution in [1.29, 1.82) is 0 Å². The molecule has 3 N–H and O–H groups in total. The predicted molar refractivity (Wildman–Crippen MR) is 137 cm³/mol. The van der Waals surface area contributed by atoms with E-state index < -0.39 is 0 Å². The highest BCUT2D eigenvalue weighted by atomic mass is 16.1. The van der Waals surface area contributed by atoms with Gasteiger partial charge in [0.05, 0.1) is 40.5 Å². The zero-order chi connectivity index (χ0) is 24.6. The number of anilines is 1. The molecule has 176 valence electrons. The van der Waals surface area contributed by atoms with E-state index in [0.29, 0.717) is 22.9 Å². The molecule has 6 heterocycles. The maximum atomic E-state index is 12.1. The fourth-order valence-corrected chi connectivity index (χ4v) is 3.95. The summed E-state index contributed by atoms with van der Waals surface area (Å²) in [4.78, 5) is 37.9. The minimum Gasteiger partial charge on any atom is -0.336 e. The van der Waals surface area contributed by atoms with Gasteiger partial charge < -0.3 is 10.3 Å². The first-order valence-electron chi connectivity index (χ1n) is 11.4. The molecule has 36 heavy (non-hydrogen) atoms. The first-order chi connectivity index (χ1) is 17.6. The van der Waals surface area contributed by atoms with Gasteiger partial charge in [0.15, 0.2) is 5.82 Å². The minimum absolute atomic E-state index is 0.0699. The number of carbonyl (C=O) groups is 1. The van der Waals surface area contributed by atoms with Crippen LogP contribution >= 0.6 is 0 Å². The van der Waals surface area contributed by atoms with Gasteiger partial charge >= 0.3 is 0 Å². The molecule has 6 aromatic heterocycles. The lowest BCUT2D eigenvalue weighted by Crippen LogP contribution is -2.17. The van der Waals surface area contributed by atoms with E-state index >= 15 is 0 Å². The Balaban J connectivity index is 1.41. The highest BCUT2D eigenvalue weighted by Gasteiger charge is 2.17. The highest BCUT2D eigenvalue weighted by Crippen LogP contribution is 2.31. The van der Waals surface area contributed by atoms with E-state index in [0.717, 1.165) is 38.8 Å². The maximum absolute atomic E-state index is 12.1. The lowest BCUT2D eigenvalue weighted by molar-refractivity contribution is -0.118. The Hall–Kier alpha value is -4.99. The van der Waals surface area contributed by atoms with Gasteiger partial charge in [0, 0.05) is 47.2 Å². The van der Waals surface area contributed by atoms with Crippen molar-refractivity contribution in [2.45, 2.75) is 13.8 Å².